The second-order valence-electron chi connectivity index (χ2n) is 7.57. The van der Waals surface area contributed by atoms with Crippen LogP contribution in [0, 0.1) is 20.8 Å². The summed E-state index contributed by atoms with van der Waals surface area (Å²) in [5, 5.41) is 5.83. The summed E-state index contributed by atoms with van der Waals surface area (Å²) >= 11 is 0. The first-order valence-corrected chi connectivity index (χ1v) is 9.91. The number of carbonyl (C=O) groups is 2. The minimum atomic E-state index is -0.256. The van der Waals surface area contributed by atoms with E-state index in [1.807, 2.05) is 51.1 Å². The highest BCUT2D eigenvalue weighted by molar-refractivity contribution is 6.07. The number of benzene rings is 3. The van der Waals surface area contributed by atoms with Gasteiger partial charge in [0.05, 0.1) is 11.0 Å². The molecule has 2 N–H and O–H groups in total. The molecular formula is C25H22N4O2. The quantitative estimate of drug-likeness (QED) is 0.493. The van der Waals surface area contributed by atoms with Crippen molar-refractivity contribution in [1.29, 1.82) is 0 Å². The summed E-state index contributed by atoms with van der Waals surface area (Å²) in [7, 11) is 0. The number of anilines is 2. The topological polar surface area (TPSA) is 84.0 Å². The Kier molecular flexibility index (Phi) is 5.45. The number of rotatable bonds is 4. The molecule has 0 radical (unpaired) electrons. The fourth-order valence-corrected chi connectivity index (χ4v) is 3.44. The van der Waals surface area contributed by atoms with Gasteiger partial charge in [-0.05, 0) is 68.8 Å². The van der Waals surface area contributed by atoms with Crippen LogP contribution in [0.5, 0.6) is 0 Å². The second kappa shape index (κ2) is 8.36. The van der Waals surface area contributed by atoms with Crippen molar-refractivity contribution < 1.29 is 9.59 Å². The van der Waals surface area contributed by atoms with Gasteiger partial charge in [0.25, 0.3) is 11.8 Å². The van der Waals surface area contributed by atoms with E-state index in [2.05, 4.69) is 20.6 Å². The first kappa shape index (κ1) is 20.2. The maximum absolute atomic E-state index is 12.8. The molecule has 154 valence electrons. The number of nitrogens with zero attached hydrogens (tertiary/aromatic N) is 2. The molecule has 31 heavy (non-hydrogen) atoms. The van der Waals surface area contributed by atoms with E-state index in [9.17, 15) is 9.59 Å². The number of hydrogen-bond donors (Lipinski definition) is 2. The van der Waals surface area contributed by atoms with E-state index in [1.54, 1.807) is 36.7 Å². The first-order chi connectivity index (χ1) is 14.9. The zero-order valence-electron chi connectivity index (χ0n) is 17.6. The summed E-state index contributed by atoms with van der Waals surface area (Å²) in [6.07, 6.45) is 3.21. The minimum absolute atomic E-state index is 0.193. The molecule has 0 aliphatic heterocycles. The molecule has 6 heteroatoms. The third-order valence-electron chi connectivity index (χ3n) is 4.96. The van der Waals surface area contributed by atoms with Crippen LogP contribution in [0.1, 0.15) is 37.4 Å². The Bertz CT molecular complexity index is 1290. The lowest BCUT2D eigenvalue weighted by molar-refractivity contribution is 0.101. The SMILES string of the molecule is Cc1cc(C)cc(C(=O)Nc2ccc(C)c(NC(=O)c3ccc4nccnc4c3)c2)c1. The number of aryl methyl sites for hydroxylation is 3. The van der Waals surface area contributed by atoms with Crippen LogP contribution in [0.3, 0.4) is 0 Å². The minimum Gasteiger partial charge on any atom is -0.322 e. The smallest absolute Gasteiger partial charge is 0.255 e. The Hall–Kier alpha value is -4.06. The summed E-state index contributed by atoms with van der Waals surface area (Å²) in [6, 6.07) is 16.3. The maximum atomic E-state index is 12.8. The molecule has 0 bridgehead atoms. The Labute approximate surface area is 180 Å². The molecule has 0 unspecified atom stereocenters. The van der Waals surface area contributed by atoms with Crippen molar-refractivity contribution in [2.45, 2.75) is 20.8 Å². The maximum Gasteiger partial charge on any atom is 0.255 e. The van der Waals surface area contributed by atoms with Crippen LogP contribution in [0.2, 0.25) is 0 Å². The van der Waals surface area contributed by atoms with Gasteiger partial charge in [-0.1, -0.05) is 23.3 Å². The van der Waals surface area contributed by atoms with Crippen molar-refractivity contribution in [3.8, 4) is 0 Å². The zero-order chi connectivity index (χ0) is 22.0. The predicted octanol–water partition coefficient (Wildman–Crippen LogP) is 5.06. The van der Waals surface area contributed by atoms with Gasteiger partial charge >= 0.3 is 0 Å². The highest BCUT2D eigenvalue weighted by atomic mass is 16.2. The van der Waals surface area contributed by atoms with Crippen molar-refractivity contribution in [2.75, 3.05) is 10.6 Å². The van der Waals surface area contributed by atoms with Gasteiger partial charge in [-0.15, -0.1) is 0 Å². The van der Waals surface area contributed by atoms with Crippen molar-refractivity contribution in [3.05, 3.63) is 94.8 Å². The van der Waals surface area contributed by atoms with Crippen LogP contribution in [0.15, 0.2) is 67.0 Å². The molecule has 0 spiro atoms. The Morgan fingerprint density at radius 1 is 0.677 bits per heavy atom. The molecule has 4 aromatic rings. The lowest BCUT2D eigenvalue weighted by Crippen LogP contribution is -2.15. The molecule has 6 nitrogen and oxygen atoms in total. The van der Waals surface area contributed by atoms with E-state index in [0.717, 1.165) is 22.2 Å². The molecular weight excluding hydrogens is 388 g/mol. The monoisotopic (exact) mass is 410 g/mol. The highest BCUT2D eigenvalue weighted by Crippen LogP contribution is 2.22. The van der Waals surface area contributed by atoms with Crippen LogP contribution in [0.25, 0.3) is 11.0 Å². The van der Waals surface area contributed by atoms with Crippen LogP contribution in [-0.2, 0) is 0 Å². The third kappa shape index (κ3) is 4.59. The number of carbonyl (C=O) groups excluding carboxylic acids is 2. The van der Waals surface area contributed by atoms with Gasteiger partial charge in [-0.2, -0.15) is 0 Å². The fourth-order valence-electron chi connectivity index (χ4n) is 3.44. The van der Waals surface area contributed by atoms with E-state index < -0.39 is 0 Å². The van der Waals surface area contributed by atoms with E-state index in [0.29, 0.717) is 28.0 Å². The molecule has 0 saturated carbocycles. The van der Waals surface area contributed by atoms with Gasteiger partial charge in [-0.25, -0.2) is 0 Å². The lowest BCUT2D eigenvalue weighted by atomic mass is 10.1. The van der Waals surface area contributed by atoms with Gasteiger partial charge < -0.3 is 10.6 Å². The van der Waals surface area contributed by atoms with E-state index in [4.69, 9.17) is 0 Å². The highest BCUT2D eigenvalue weighted by Gasteiger charge is 2.12. The molecule has 2 amide bonds. The molecule has 1 heterocycles. The van der Waals surface area contributed by atoms with Gasteiger partial charge in [0.15, 0.2) is 0 Å². The Morgan fingerprint density at radius 3 is 2.10 bits per heavy atom. The molecule has 1 aromatic heterocycles. The fraction of sp³-hybridized carbons (Fsp3) is 0.120. The van der Waals surface area contributed by atoms with Crippen LogP contribution < -0.4 is 10.6 Å². The van der Waals surface area contributed by atoms with Gasteiger partial charge in [0.2, 0.25) is 0 Å². The van der Waals surface area contributed by atoms with E-state index in [1.165, 1.54) is 0 Å². The Balaban J connectivity index is 1.54. The number of aromatic nitrogens is 2. The molecule has 0 saturated heterocycles. The average Bonchev–Trinajstić information content (AvgIpc) is 2.75. The zero-order valence-corrected chi connectivity index (χ0v) is 17.6. The van der Waals surface area contributed by atoms with Crippen molar-refractivity contribution in [2.24, 2.45) is 0 Å². The largest absolute Gasteiger partial charge is 0.322 e. The van der Waals surface area contributed by atoms with Gasteiger partial charge in [-0.3, -0.25) is 19.6 Å². The van der Waals surface area contributed by atoms with Gasteiger partial charge in [0, 0.05) is 34.9 Å². The predicted molar refractivity (Wildman–Crippen MR) is 123 cm³/mol. The number of nitrogens with one attached hydrogen (secondary N) is 2. The van der Waals surface area contributed by atoms with Crippen LogP contribution in [-0.4, -0.2) is 21.8 Å². The lowest BCUT2D eigenvalue weighted by Gasteiger charge is -2.12. The normalized spacial score (nSPS) is 10.7. The summed E-state index contributed by atoms with van der Waals surface area (Å²) in [5.74, 6) is -0.450. The van der Waals surface area contributed by atoms with Crippen LogP contribution >= 0.6 is 0 Å². The summed E-state index contributed by atoms with van der Waals surface area (Å²) in [5.41, 5.74) is 6.64. The van der Waals surface area contributed by atoms with Crippen molar-refractivity contribution in [3.63, 3.8) is 0 Å². The van der Waals surface area contributed by atoms with E-state index >= 15 is 0 Å². The number of hydrogen-bond acceptors (Lipinski definition) is 4. The van der Waals surface area contributed by atoms with E-state index in [-0.39, 0.29) is 11.8 Å². The molecule has 0 aliphatic carbocycles. The molecule has 3 aromatic carbocycles. The van der Waals surface area contributed by atoms with Crippen molar-refractivity contribution in [1.82, 2.24) is 9.97 Å². The summed E-state index contributed by atoms with van der Waals surface area (Å²) in [4.78, 5) is 33.9. The molecule has 4 rings (SSSR count). The standard InChI is InChI=1S/C25H22N4O2/c1-15-10-16(2)12-19(11-15)25(31)28-20-6-4-17(3)22(14-20)29-24(30)18-5-7-21-23(13-18)27-9-8-26-21/h4-14H,1-3H3,(H,28,31)(H,29,30). The molecule has 0 fully saturated rings. The summed E-state index contributed by atoms with van der Waals surface area (Å²) < 4.78 is 0. The number of amides is 2. The molecule has 0 aliphatic rings. The second-order valence-corrected chi connectivity index (χ2v) is 7.57. The third-order valence-corrected chi connectivity index (χ3v) is 4.96. The van der Waals surface area contributed by atoms with Crippen molar-refractivity contribution >= 4 is 34.2 Å². The average molecular weight is 410 g/mol. The Morgan fingerprint density at radius 2 is 1.35 bits per heavy atom. The number of fused-ring (bicyclic) bond motifs is 1. The first-order valence-electron chi connectivity index (χ1n) is 9.91. The van der Waals surface area contributed by atoms with Gasteiger partial charge in [0.1, 0.15) is 0 Å². The van der Waals surface area contributed by atoms with Crippen LogP contribution in [0.4, 0.5) is 11.4 Å². The summed E-state index contributed by atoms with van der Waals surface area (Å²) in [6.45, 7) is 5.82. The molecule has 0 atom stereocenters.